The fraction of sp³-hybridized carbons (Fsp3) is 0.444. The lowest BCUT2D eigenvalue weighted by molar-refractivity contribution is 0.345. The third-order valence-electron chi connectivity index (χ3n) is 4.15. The highest BCUT2D eigenvalue weighted by Crippen LogP contribution is 2.29. The Kier molecular flexibility index (Phi) is 3.35. The maximum Gasteiger partial charge on any atom is 0.180 e. The van der Waals surface area contributed by atoms with E-state index in [-0.39, 0.29) is 10.8 Å². The molecule has 0 saturated heterocycles. The van der Waals surface area contributed by atoms with Gasteiger partial charge < -0.3 is 8.98 Å². The van der Waals surface area contributed by atoms with Crippen LogP contribution in [0.5, 0.6) is 0 Å². The number of fused-ring (bicyclic) bond motifs is 1. The first-order chi connectivity index (χ1) is 10.3. The van der Waals surface area contributed by atoms with Gasteiger partial charge >= 0.3 is 0 Å². The Morgan fingerprint density at radius 1 is 1.14 bits per heavy atom. The van der Waals surface area contributed by atoms with Crippen LogP contribution in [0, 0.1) is 0 Å². The van der Waals surface area contributed by atoms with Crippen molar-refractivity contribution in [3.63, 3.8) is 0 Å². The predicted molar refractivity (Wildman–Crippen MR) is 88.0 cm³/mol. The zero-order valence-electron chi connectivity index (χ0n) is 13.9. The molecule has 0 saturated carbocycles. The van der Waals surface area contributed by atoms with E-state index < -0.39 is 0 Å². The average molecular weight is 297 g/mol. The number of oxazole rings is 1. The van der Waals surface area contributed by atoms with Gasteiger partial charge in [0, 0.05) is 12.0 Å². The van der Waals surface area contributed by atoms with E-state index in [1.807, 2.05) is 6.33 Å². The smallest absolute Gasteiger partial charge is 0.180 e. The summed E-state index contributed by atoms with van der Waals surface area (Å²) in [5.74, 6) is 0.890. The topological polar surface area (TPSA) is 43.9 Å². The van der Waals surface area contributed by atoms with E-state index in [1.165, 1.54) is 12.0 Å². The van der Waals surface area contributed by atoms with E-state index in [2.05, 4.69) is 67.4 Å². The van der Waals surface area contributed by atoms with Gasteiger partial charge in [0.05, 0.1) is 23.6 Å². The Hall–Kier alpha value is -2.10. The van der Waals surface area contributed by atoms with Crippen molar-refractivity contribution in [2.45, 2.75) is 52.0 Å². The predicted octanol–water partition coefficient (Wildman–Crippen LogP) is 4.30. The Labute approximate surface area is 131 Å². The summed E-state index contributed by atoms with van der Waals surface area (Å²) in [7, 11) is 0. The quantitative estimate of drug-likeness (QED) is 0.724. The summed E-state index contributed by atoms with van der Waals surface area (Å²) >= 11 is 0. The normalized spacial score (nSPS) is 13.0. The number of benzene rings is 1. The molecule has 4 heteroatoms. The van der Waals surface area contributed by atoms with Crippen LogP contribution >= 0.6 is 0 Å². The van der Waals surface area contributed by atoms with Crippen LogP contribution < -0.4 is 0 Å². The molecule has 2 heterocycles. The van der Waals surface area contributed by atoms with E-state index in [0.717, 1.165) is 23.3 Å². The van der Waals surface area contributed by atoms with Gasteiger partial charge in [-0.05, 0) is 23.1 Å². The first-order valence-electron chi connectivity index (χ1n) is 7.62. The molecule has 0 aliphatic heterocycles. The molecule has 0 bridgehead atoms. The van der Waals surface area contributed by atoms with Crippen molar-refractivity contribution in [1.29, 1.82) is 0 Å². The fourth-order valence-corrected chi connectivity index (χ4v) is 2.71. The number of nitrogens with zero attached hydrogens (tertiary/aromatic N) is 3. The maximum atomic E-state index is 5.48. The Balaban J connectivity index is 1.96. The summed E-state index contributed by atoms with van der Waals surface area (Å²) in [6.45, 7) is 11.8. The molecule has 0 N–H and O–H groups in total. The molecule has 116 valence electrons. The van der Waals surface area contributed by atoms with Gasteiger partial charge in [-0.15, -0.1) is 0 Å². The van der Waals surface area contributed by atoms with Gasteiger partial charge in [0.2, 0.25) is 0 Å². The van der Waals surface area contributed by atoms with Crippen molar-refractivity contribution in [3.8, 4) is 0 Å². The standard InChI is InChI=1S/C18H23N3O/c1-17(2,3)13-6-7-15-14(8-13)20-11-21(15)10-18(4,5)16-9-19-12-22-16/h6-9,11-12H,10H2,1-5H3. The zero-order valence-corrected chi connectivity index (χ0v) is 13.9. The van der Waals surface area contributed by atoms with Gasteiger partial charge in [0.15, 0.2) is 6.39 Å². The zero-order chi connectivity index (χ0) is 16.0. The summed E-state index contributed by atoms with van der Waals surface area (Å²) in [4.78, 5) is 8.60. The van der Waals surface area contributed by atoms with Crippen LogP contribution in [0.25, 0.3) is 11.0 Å². The van der Waals surface area contributed by atoms with Crippen LogP contribution in [0.3, 0.4) is 0 Å². The number of hydrogen-bond acceptors (Lipinski definition) is 3. The van der Waals surface area contributed by atoms with Crippen LogP contribution in [0.2, 0.25) is 0 Å². The molecule has 3 aromatic rings. The Morgan fingerprint density at radius 2 is 1.91 bits per heavy atom. The highest BCUT2D eigenvalue weighted by Gasteiger charge is 2.26. The van der Waals surface area contributed by atoms with Crippen molar-refractivity contribution < 1.29 is 4.42 Å². The second-order valence-corrected chi connectivity index (χ2v) is 7.58. The van der Waals surface area contributed by atoms with Gasteiger partial charge in [-0.2, -0.15) is 0 Å². The van der Waals surface area contributed by atoms with Crippen molar-refractivity contribution in [2.24, 2.45) is 0 Å². The molecule has 0 spiro atoms. The van der Waals surface area contributed by atoms with Gasteiger partial charge in [-0.1, -0.05) is 40.7 Å². The van der Waals surface area contributed by atoms with Gasteiger partial charge in [-0.25, -0.2) is 9.97 Å². The van der Waals surface area contributed by atoms with E-state index in [1.54, 1.807) is 6.20 Å². The third-order valence-corrected chi connectivity index (χ3v) is 4.15. The molecule has 0 atom stereocenters. The van der Waals surface area contributed by atoms with Crippen molar-refractivity contribution in [2.75, 3.05) is 0 Å². The Morgan fingerprint density at radius 3 is 2.55 bits per heavy atom. The van der Waals surface area contributed by atoms with Crippen LogP contribution in [-0.2, 0) is 17.4 Å². The molecule has 0 aliphatic rings. The molecule has 22 heavy (non-hydrogen) atoms. The van der Waals surface area contributed by atoms with Crippen LogP contribution in [0.4, 0.5) is 0 Å². The van der Waals surface area contributed by atoms with Crippen molar-refractivity contribution >= 4 is 11.0 Å². The second kappa shape index (κ2) is 4.97. The number of aromatic nitrogens is 3. The van der Waals surface area contributed by atoms with Crippen molar-refractivity contribution in [3.05, 3.63) is 48.4 Å². The van der Waals surface area contributed by atoms with E-state index in [4.69, 9.17) is 4.42 Å². The summed E-state index contributed by atoms with van der Waals surface area (Å²) in [5.41, 5.74) is 3.50. The molecule has 0 radical (unpaired) electrons. The lowest BCUT2D eigenvalue weighted by Crippen LogP contribution is -2.23. The minimum Gasteiger partial charge on any atom is -0.448 e. The number of hydrogen-bond donors (Lipinski definition) is 0. The molecule has 4 nitrogen and oxygen atoms in total. The molecule has 3 rings (SSSR count). The highest BCUT2D eigenvalue weighted by atomic mass is 16.3. The van der Waals surface area contributed by atoms with E-state index >= 15 is 0 Å². The molecule has 1 aromatic carbocycles. The average Bonchev–Trinajstić information content (AvgIpc) is 3.07. The molecular formula is C18H23N3O. The van der Waals surface area contributed by atoms with Crippen LogP contribution in [0.1, 0.15) is 45.9 Å². The molecule has 0 fully saturated rings. The van der Waals surface area contributed by atoms with Gasteiger partial charge in [0.1, 0.15) is 5.76 Å². The third kappa shape index (κ3) is 2.65. The molecule has 2 aromatic heterocycles. The molecule has 0 amide bonds. The monoisotopic (exact) mass is 297 g/mol. The Bertz CT molecular complexity index is 776. The van der Waals surface area contributed by atoms with Gasteiger partial charge in [0.25, 0.3) is 0 Å². The summed E-state index contributed by atoms with van der Waals surface area (Å²) in [6.07, 6.45) is 5.19. The van der Waals surface area contributed by atoms with E-state index in [9.17, 15) is 0 Å². The second-order valence-electron chi connectivity index (χ2n) is 7.58. The summed E-state index contributed by atoms with van der Waals surface area (Å²) in [5, 5.41) is 0. The minimum atomic E-state index is -0.132. The van der Waals surface area contributed by atoms with E-state index in [0.29, 0.717) is 0 Å². The lowest BCUT2D eigenvalue weighted by Gasteiger charge is -2.23. The highest BCUT2D eigenvalue weighted by molar-refractivity contribution is 5.76. The SMILES string of the molecule is CC(C)(C)c1ccc2c(c1)ncn2CC(C)(C)c1cnco1. The first kappa shape index (κ1) is 14.8. The maximum absolute atomic E-state index is 5.48. The summed E-state index contributed by atoms with van der Waals surface area (Å²) in [6, 6.07) is 6.55. The first-order valence-corrected chi connectivity index (χ1v) is 7.62. The van der Waals surface area contributed by atoms with Gasteiger partial charge in [-0.3, -0.25) is 0 Å². The number of imidazole rings is 1. The molecular weight excluding hydrogens is 274 g/mol. The summed E-state index contributed by atoms with van der Waals surface area (Å²) < 4.78 is 7.66. The molecule has 0 unspecified atom stereocenters. The van der Waals surface area contributed by atoms with Crippen LogP contribution in [-0.4, -0.2) is 14.5 Å². The largest absolute Gasteiger partial charge is 0.448 e. The fourth-order valence-electron chi connectivity index (χ4n) is 2.71. The van der Waals surface area contributed by atoms with Crippen molar-refractivity contribution in [1.82, 2.24) is 14.5 Å². The lowest BCUT2D eigenvalue weighted by atomic mass is 9.87. The minimum absolute atomic E-state index is 0.132. The molecule has 0 aliphatic carbocycles. The van der Waals surface area contributed by atoms with Crippen LogP contribution in [0.15, 0.2) is 41.5 Å². The number of rotatable bonds is 3.